The van der Waals surface area contributed by atoms with Crippen LogP contribution in [0.15, 0.2) is 6.07 Å². The summed E-state index contributed by atoms with van der Waals surface area (Å²) in [7, 11) is 1.30. The van der Waals surface area contributed by atoms with E-state index in [0.717, 1.165) is 30.0 Å². The molecule has 2 heterocycles. The second-order valence-electron chi connectivity index (χ2n) is 4.89. The van der Waals surface area contributed by atoms with E-state index in [0.29, 0.717) is 18.1 Å². The Morgan fingerprint density at radius 3 is 2.44 bits per heavy atom. The van der Waals surface area contributed by atoms with Crippen molar-refractivity contribution >= 4 is 16.6 Å². The molecule has 0 aliphatic carbocycles. The molecule has 0 radical (unpaired) electrons. The number of rotatable bonds is 3. The summed E-state index contributed by atoms with van der Waals surface area (Å²) in [5, 5.41) is 0. The van der Waals surface area contributed by atoms with Crippen LogP contribution >= 0.6 is 0 Å². The number of carbonyl (C=O) groups is 1. The van der Waals surface area contributed by atoms with Gasteiger partial charge in [-0.2, -0.15) is 0 Å². The average molecular weight is 268 g/mol. The van der Waals surface area contributed by atoms with Gasteiger partial charge in [-0.05, 0) is 19.9 Å². The zero-order chi connectivity index (χ0) is 13.3. The summed E-state index contributed by atoms with van der Waals surface area (Å²) in [6.07, 6.45) is 0. The molecule has 4 nitrogen and oxygen atoms in total. The van der Waals surface area contributed by atoms with Gasteiger partial charge in [-0.3, -0.25) is 13.9 Å². The zero-order valence-corrected chi connectivity index (χ0v) is 12.0. The summed E-state index contributed by atoms with van der Waals surface area (Å²) in [6, 6.07) is 1.96. The van der Waals surface area contributed by atoms with Crippen LogP contribution in [0.2, 0.25) is 0 Å². The van der Waals surface area contributed by atoms with Crippen LogP contribution in [-0.2, 0) is 17.8 Å². The normalized spacial score (nSPS) is 18.2. The van der Waals surface area contributed by atoms with E-state index in [1.165, 1.54) is 0 Å². The highest BCUT2D eigenvalue weighted by molar-refractivity contribution is 7.85. The van der Waals surface area contributed by atoms with Crippen molar-refractivity contribution in [1.82, 2.24) is 9.47 Å². The van der Waals surface area contributed by atoms with Gasteiger partial charge < -0.3 is 4.57 Å². The van der Waals surface area contributed by atoms with E-state index in [-0.39, 0.29) is 5.78 Å². The zero-order valence-electron chi connectivity index (χ0n) is 11.2. The van der Waals surface area contributed by atoms with Crippen molar-refractivity contribution in [2.24, 2.45) is 7.05 Å². The van der Waals surface area contributed by atoms with Crippen LogP contribution in [0.3, 0.4) is 0 Å². The van der Waals surface area contributed by atoms with E-state index in [2.05, 4.69) is 4.90 Å². The predicted molar refractivity (Wildman–Crippen MR) is 73.5 cm³/mol. The molecule has 100 valence electrons. The van der Waals surface area contributed by atoms with Crippen molar-refractivity contribution in [3.05, 3.63) is 23.0 Å². The molecule has 1 aromatic heterocycles. The molecule has 1 aliphatic heterocycles. The lowest BCUT2D eigenvalue weighted by Gasteiger charge is -2.25. The number of hydrogen-bond acceptors (Lipinski definition) is 3. The molecule has 0 aromatic carbocycles. The fourth-order valence-corrected chi connectivity index (χ4v) is 3.39. The number of ketones is 1. The van der Waals surface area contributed by atoms with E-state index in [1.807, 2.05) is 31.5 Å². The molecule has 1 aromatic rings. The highest BCUT2D eigenvalue weighted by Gasteiger charge is 2.20. The molecule has 0 atom stereocenters. The minimum atomic E-state index is -0.681. The van der Waals surface area contributed by atoms with E-state index in [1.54, 1.807) is 0 Å². The van der Waals surface area contributed by atoms with Gasteiger partial charge in [-0.15, -0.1) is 0 Å². The van der Waals surface area contributed by atoms with Gasteiger partial charge >= 0.3 is 0 Å². The molecule has 18 heavy (non-hydrogen) atoms. The van der Waals surface area contributed by atoms with Crippen molar-refractivity contribution in [2.75, 3.05) is 31.1 Å². The van der Waals surface area contributed by atoms with Crippen molar-refractivity contribution in [1.29, 1.82) is 0 Å². The monoisotopic (exact) mass is 268 g/mol. The van der Waals surface area contributed by atoms with E-state index < -0.39 is 10.8 Å². The molecule has 0 unspecified atom stereocenters. The minimum absolute atomic E-state index is 0.170. The maximum Gasteiger partial charge on any atom is 0.178 e. The topological polar surface area (TPSA) is 42.3 Å². The van der Waals surface area contributed by atoms with Crippen LogP contribution < -0.4 is 0 Å². The number of aromatic nitrogens is 1. The standard InChI is InChI=1S/C13H20N2O2S/c1-10-8-12(11(2)14(10)3)13(16)9-15-4-6-18(17)7-5-15/h8H,4-7,9H2,1-3H3. The average Bonchev–Trinajstić information content (AvgIpc) is 2.60. The van der Waals surface area contributed by atoms with Gasteiger partial charge in [0.15, 0.2) is 5.78 Å². The van der Waals surface area contributed by atoms with Gasteiger partial charge in [0.2, 0.25) is 0 Å². The first-order valence-electron chi connectivity index (χ1n) is 6.22. The summed E-state index contributed by atoms with van der Waals surface area (Å²) in [5.41, 5.74) is 2.95. The summed E-state index contributed by atoms with van der Waals surface area (Å²) in [4.78, 5) is 14.4. The summed E-state index contributed by atoms with van der Waals surface area (Å²) < 4.78 is 13.3. The third kappa shape index (κ3) is 2.72. The van der Waals surface area contributed by atoms with E-state index in [9.17, 15) is 9.00 Å². The molecule has 1 aliphatic rings. The quantitative estimate of drug-likeness (QED) is 0.765. The Labute approximate surface area is 110 Å². The highest BCUT2D eigenvalue weighted by atomic mass is 32.2. The van der Waals surface area contributed by atoms with Gasteiger partial charge in [0.1, 0.15) is 0 Å². The lowest BCUT2D eigenvalue weighted by molar-refractivity contribution is 0.0936. The molecule has 1 saturated heterocycles. The molecule has 0 N–H and O–H groups in total. The van der Waals surface area contributed by atoms with Crippen LogP contribution in [0.4, 0.5) is 0 Å². The van der Waals surface area contributed by atoms with Crippen LogP contribution in [0.25, 0.3) is 0 Å². The Kier molecular flexibility index (Phi) is 4.02. The lowest BCUT2D eigenvalue weighted by Crippen LogP contribution is -2.40. The Bertz CT molecular complexity index is 483. The first-order valence-corrected chi connectivity index (χ1v) is 7.71. The first-order chi connectivity index (χ1) is 8.49. The second-order valence-corrected chi connectivity index (χ2v) is 6.59. The summed E-state index contributed by atoms with van der Waals surface area (Å²) >= 11 is 0. The van der Waals surface area contributed by atoms with Crippen molar-refractivity contribution < 1.29 is 9.00 Å². The van der Waals surface area contributed by atoms with Crippen LogP contribution in [0, 0.1) is 13.8 Å². The SMILES string of the molecule is Cc1cc(C(=O)CN2CCS(=O)CC2)c(C)n1C. The van der Waals surface area contributed by atoms with E-state index >= 15 is 0 Å². The smallest absolute Gasteiger partial charge is 0.178 e. The predicted octanol–water partition coefficient (Wildman–Crippen LogP) is 0.889. The maximum atomic E-state index is 12.2. The molecular weight excluding hydrogens is 248 g/mol. The van der Waals surface area contributed by atoms with Crippen molar-refractivity contribution in [3.63, 3.8) is 0 Å². The number of Topliss-reactive ketones (excluding diaryl/α,β-unsaturated/α-hetero) is 1. The van der Waals surface area contributed by atoms with E-state index in [4.69, 9.17) is 0 Å². The largest absolute Gasteiger partial charge is 0.351 e. The van der Waals surface area contributed by atoms with Crippen LogP contribution in [-0.4, -0.2) is 50.6 Å². The van der Waals surface area contributed by atoms with Gasteiger partial charge in [0.25, 0.3) is 0 Å². The molecule has 0 spiro atoms. The molecule has 2 rings (SSSR count). The van der Waals surface area contributed by atoms with Crippen LogP contribution in [0.5, 0.6) is 0 Å². The summed E-state index contributed by atoms with van der Waals surface area (Å²) in [5.74, 6) is 1.56. The molecular formula is C13H20N2O2S. The number of hydrogen-bond donors (Lipinski definition) is 0. The Balaban J connectivity index is 2.03. The van der Waals surface area contributed by atoms with Gasteiger partial charge in [0, 0.05) is 59.4 Å². The lowest BCUT2D eigenvalue weighted by atomic mass is 10.1. The second kappa shape index (κ2) is 5.36. The fraction of sp³-hybridized carbons (Fsp3) is 0.615. The van der Waals surface area contributed by atoms with Crippen molar-refractivity contribution in [3.8, 4) is 0 Å². The van der Waals surface area contributed by atoms with Crippen LogP contribution in [0.1, 0.15) is 21.7 Å². The van der Waals surface area contributed by atoms with Gasteiger partial charge in [-0.1, -0.05) is 0 Å². The van der Waals surface area contributed by atoms with Gasteiger partial charge in [-0.25, -0.2) is 0 Å². The maximum absolute atomic E-state index is 12.2. The minimum Gasteiger partial charge on any atom is -0.351 e. The highest BCUT2D eigenvalue weighted by Crippen LogP contribution is 2.14. The summed E-state index contributed by atoms with van der Waals surface area (Å²) in [6.45, 7) is 5.97. The third-order valence-electron chi connectivity index (χ3n) is 3.71. The Hall–Kier alpha value is -0.940. The van der Waals surface area contributed by atoms with Gasteiger partial charge in [0.05, 0.1) is 6.54 Å². The number of nitrogens with zero attached hydrogens (tertiary/aromatic N) is 2. The van der Waals surface area contributed by atoms with Crippen molar-refractivity contribution in [2.45, 2.75) is 13.8 Å². The molecule has 0 amide bonds. The Morgan fingerprint density at radius 2 is 1.94 bits per heavy atom. The first kappa shape index (κ1) is 13.5. The number of carbonyl (C=O) groups excluding carboxylic acids is 1. The third-order valence-corrected chi connectivity index (χ3v) is 4.99. The molecule has 1 fully saturated rings. The molecule has 0 saturated carbocycles. The fourth-order valence-electron chi connectivity index (χ4n) is 2.26. The Morgan fingerprint density at radius 1 is 1.33 bits per heavy atom. The number of aryl methyl sites for hydroxylation is 1. The molecule has 0 bridgehead atoms. The molecule has 5 heteroatoms.